The van der Waals surface area contributed by atoms with E-state index in [9.17, 15) is 13.2 Å². The monoisotopic (exact) mass is 355 g/mol. The van der Waals surface area contributed by atoms with Crippen molar-refractivity contribution in [3.63, 3.8) is 0 Å². The van der Waals surface area contributed by atoms with Crippen LogP contribution < -0.4 is 9.46 Å². The highest BCUT2D eigenvalue weighted by Crippen LogP contribution is 2.34. The molecular formula is C16H25N3O4S. The fourth-order valence-corrected chi connectivity index (χ4v) is 3.36. The van der Waals surface area contributed by atoms with Crippen LogP contribution in [0.1, 0.15) is 17.3 Å². The Hall–Kier alpha value is -1.80. The fraction of sp³-hybridized carbons (Fsp3) is 0.562. The van der Waals surface area contributed by atoms with Gasteiger partial charge in [-0.25, -0.2) is 8.42 Å². The second-order valence-electron chi connectivity index (χ2n) is 6.64. The molecule has 0 spiro atoms. The van der Waals surface area contributed by atoms with Crippen LogP contribution in [0, 0.1) is 5.92 Å². The maximum absolute atomic E-state index is 12.6. The quantitative estimate of drug-likeness (QED) is 0.875. The normalized spacial score (nSPS) is 21.8. The number of hydrogen-bond donors (Lipinski definition) is 1. The zero-order chi connectivity index (χ0) is 18.1. The van der Waals surface area contributed by atoms with E-state index in [4.69, 9.17) is 4.74 Å². The van der Waals surface area contributed by atoms with Gasteiger partial charge in [0, 0.05) is 26.1 Å². The van der Waals surface area contributed by atoms with Crippen LogP contribution in [0.4, 0.5) is 5.69 Å². The molecule has 0 unspecified atom stereocenters. The van der Waals surface area contributed by atoms with E-state index in [1.165, 1.54) is 0 Å². The molecule has 1 amide bonds. The minimum Gasteiger partial charge on any atom is -0.486 e. The molecule has 0 aliphatic carbocycles. The molecule has 1 aromatic carbocycles. The first-order chi connectivity index (χ1) is 11.1. The second-order valence-corrected chi connectivity index (χ2v) is 8.39. The smallest absolute Gasteiger partial charge is 0.257 e. The van der Waals surface area contributed by atoms with Crippen LogP contribution in [0.15, 0.2) is 18.2 Å². The molecule has 24 heavy (non-hydrogen) atoms. The van der Waals surface area contributed by atoms with Crippen molar-refractivity contribution in [1.29, 1.82) is 0 Å². The van der Waals surface area contributed by atoms with E-state index in [1.807, 2.05) is 25.9 Å². The minimum absolute atomic E-state index is 0.0980. The molecule has 0 fully saturated rings. The topological polar surface area (TPSA) is 79.0 Å². The summed E-state index contributed by atoms with van der Waals surface area (Å²) in [6.07, 6.45) is 0.903. The van der Waals surface area contributed by atoms with Gasteiger partial charge < -0.3 is 14.5 Å². The molecule has 1 heterocycles. The summed E-state index contributed by atoms with van der Waals surface area (Å²) in [6.45, 7) is 3.26. The summed E-state index contributed by atoms with van der Waals surface area (Å²) >= 11 is 0. The molecule has 0 radical (unpaired) electrons. The Labute approximate surface area is 143 Å². The van der Waals surface area contributed by atoms with Crippen LogP contribution in [0.2, 0.25) is 0 Å². The number of rotatable bonds is 4. The third-order valence-electron chi connectivity index (χ3n) is 3.90. The van der Waals surface area contributed by atoms with Crippen LogP contribution in [0.25, 0.3) is 0 Å². The summed E-state index contributed by atoms with van der Waals surface area (Å²) in [7, 11) is 2.16. The number of ether oxygens (including phenoxy) is 1. The maximum atomic E-state index is 12.6. The summed E-state index contributed by atoms with van der Waals surface area (Å²) in [5.41, 5.74) is 0.649. The number of nitrogens with zero attached hydrogens (tertiary/aromatic N) is 2. The van der Waals surface area contributed by atoms with Gasteiger partial charge in [-0.2, -0.15) is 0 Å². The van der Waals surface area contributed by atoms with E-state index in [0.717, 1.165) is 6.26 Å². The van der Waals surface area contributed by atoms with Gasteiger partial charge in [0.05, 0.1) is 17.5 Å². The predicted molar refractivity (Wildman–Crippen MR) is 94.0 cm³/mol. The lowest BCUT2D eigenvalue weighted by Crippen LogP contribution is -2.44. The predicted octanol–water partition coefficient (Wildman–Crippen LogP) is 1.09. The van der Waals surface area contributed by atoms with Crippen molar-refractivity contribution >= 4 is 21.6 Å². The molecule has 0 bridgehead atoms. The number of likely N-dealkylation sites (N-methyl/N-ethyl adjacent to an activating group) is 1. The van der Waals surface area contributed by atoms with E-state index < -0.39 is 10.0 Å². The van der Waals surface area contributed by atoms with Gasteiger partial charge >= 0.3 is 0 Å². The number of carbonyl (C=O) groups excluding carboxylic acids is 1. The van der Waals surface area contributed by atoms with Crippen molar-refractivity contribution in [3.8, 4) is 5.75 Å². The van der Waals surface area contributed by atoms with Gasteiger partial charge in [0.1, 0.15) is 6.10 Å². The summed E-state index contributed by atoms with van der Waals surface area (Å²) in [5.74, 6) is 0.205. The van der Waals surface area contributed by atoms with E-state index in [1.54, 1.807) is 30.1 Å². The molecule has 134 valence electrons. The first-order valence-corrected chi connectivity index (χ1v) is 9.65. The standard InChI is InChI=1S/C16H25N3O4S/c1-11-9-19(4)16(20)12-7-6-8-13(17-24(5,21)22)15(12)23-14(11)10-18(2)3/h6-8,11,14,17H,9-10H2,1-5H3/t11-,14+/m0/s1. The van der Waals surface area contributed by atoms with Gasteiger partial charge in [-0.1, -0.05) is 13.0 Å². The number of para-hydroxylation sites is 1. The van der Waals surface area contributed by atoms with Gasteiger partial charge in [0.15, 0.2) is 5.75 Å². The molecule has 7 nitrogen and oxygen atoms in total. The van der Waals surface area contributed by atoms with Crippen LogP contribution in [0.3, 0.4) is 0 Å². The van der Waals surface area contributed by atoms with Crippen molar-refractivity contribution in [1.82, 2.24) is 9.80 Å². The number of benzene rings is 1. The minimum atomic E-state index is -3.48. The Balaban J connectivity index is 2.53. The fourth-order valence-electron chi connectivity index (χ4n) is 2.80. The highest BCUT2D eigenvalue weighted by molar-refractivity contribution is 7.92. The molecule has 1 aliphatic heterocycles. The lowest BCUT2D eigenvalue weighted by molar-refractivity contribution is 0.0578. The Morgan fingerprint density at radius 1 is 1.38 bits per heavy atom. The van der Waals surface area contributed by atoms with E-state index in [2.05, 4.69) is 4.72 Å². The molecule has 1 aliphatic rings. The highest BCUT2D eigenvalue weighted by atomic mass is 32.2. The number of fused-ring (bicyclic) bond motifs is 1. The van der Waals surface area contributed by atoms with Gasteiger partial charge in [0.25, 0.3) is 5.91 Å². The number of amides is 1. The Kier molecular flexibility index (Phi) is 5.39. The van der Waals surface area contributed by atoms with E-state index in [-0.39, 0.29) is 29.4 Å². The van der Waals surface area contributed by atoms with Crippen molar-refractivity contribution in [2.75, 3.05) is 45.2 Å². The molecule has 0 saturated carbocycles. The molecule has 0 aromatic heterocycles. The Bertz CT molecular complexity index is 718. The third kappa shape index (κ3) is 4.39. The zero-order valence-electron chi connectivity index (χ0n) is 14.7. The molecule has 8 heteroatoms. The number of anilines is 1. The summed E-state index contributed by atoms with van der Waals surface area (Å²) < 4.78 is 31.9. The Morgan fingerprint density at radius 2 is 2.04 bits per heavy atom. The van der Waals surface area contributed by atoms with E-state index >= 15 is 0 Å². The molecule has 0 saturated heterocycles. The number of sulfonamides is 1. The number of carbonyl (C=O) groups is 1. The number of nitrogens with one attached hydrogen (secondary N) is 1. The SMILES string of the molecule is C[C@H]1CN(C)C(=O)c2cccc(NS(C)(=O)=O)c2O[C@@H]1CN(C)C. The average Bonchev–Trinajstić information content (AvgIpc) is 2.44. The number of hydrogen-bond acceptors (Lipinski definition) is 5. The lowest BCUT2D eigenvalue weighted by Gasteiger charge is -2.34. The van der Waals surface area contributed by atoms with Crippen LogP contribution >= 0.6 is 0 Å². The molecule has 1 N–H and O–H groups in total. The third-order valence-corrected chi connectivity index (χ3v) is 4.49. The molecular weight excluding hydrogens is 330 g/mol. The van der Waals surface area contributed by atoms with Crippen LogP contribution in [0.5, 0.6) is 5.75 Å². The van der Waals surface area contributed by atoms with Gasteiger partial charge in [-0.15, -0.1) is 0 Å². The zero-order valence-corrected chi connectivity index (χ0v) is 15.6. The molecule has 1 aromatic rings. The maximum Gasteiger partial charge on any atom is 0.257 e. The van der Waals surface area contributed by atoms with Crippen LogP contribution in [-0.4, -0.2) is 70.7 Å². The highest BCUT2D eigenvalue weighted by Gasteiger charge is 2.31. The lowest BCUT2D eigenvalue weighted by atomic mass is 10.0. The van der Waals surface area contributed by atoms with Crippen LogP contribution in [-0.2, 0) is 10.0 Å². The first kappa shape index (κ1) is 18.5. The largest absolute Gasteiger partial charge is 0.486 e. The summed E-state index contributed by atoms with van der Waals surface area (Å²) in [5, 5.41) is 0. The van der Waals surface area contributed by atoms with Crippen molar-refractivity contribution in [2.45, 2.75) is 13.0 Å². The second kappa shape index (κ2) is 6.98. The average molecular weight is 355 g/mol. The van der Waals surface area contributed by atoms with Gasteiger partial charge in [0.2, 0.25) is 10.0 Å². The Morgan fingerprint density at radius 3 is 2.62 bits per heavy atom. The summed E-state index contributed by atoms with van der Waals surface area (Å²) in [4.78, 5) is 16.3. The van der Waals surface area contributed by atoms with Gasteiger partial charge in [-0.05, 0) is 26.2 Å². The molecule has 2 rings (SSSR count). The van der Waals surface area contributed by atoms with Crippen molar-refractivity contribution < 1.29 is 17.9 Å². The molecule has 2 atom stereocenters. The van der Waals surface area contributed by atoms with Crippen molar-refractivity contribution in [2.24, 2.45) is 5.92 Å². The van der Waals surface area contributed by atoms with E-state index in [0.29, 0.717) is 18.7 Å². The van der Waals surface area contributed by atoms with Gasteiger partial charge in [-0.3, -0.25) is 9.52 Å². The van der Waals surface area contributed by atoms with Crippen molar-refractivity contribution in [3.05, 3.63) is 23.8 Å². The first-order valence-electron chi connectivity index (χ1n) is 7.76. The summed E-state index contributed by atoms with van der Waals surface area (Å²) in [6, 6.07) is 4.91.